The van der Waals surface area contributed by atoms with Crippen LogP contribution in [0.1, 0.15) is 37.7 Å². The maximum atomic E-state index is 12.0. The SMILES string of the molecule is CN=C(NCCC(=O)NC1CCCC1)N1CCc2ccccc21.I. The van der Waals surface area contributed by atoms with Gasteiger partial charge in [-0.05, 0) is 30.9 Å². The molecule has 1 aliphatic carbocycles. The zero-order valence-electron chi connectivity index (χ0n) is 14.3. The summed E-state index contributed by atoms with van der Waals surface area (Å²) in [6.07, 6.45) is 6.27. The van der Waals surface area contributed by atoms with Crippen molar-refractivity contribution in [1.82, 2.24) is 10.6 Å². The van der Waals surface area contributed by atoms with Gasteiger partial charge < -0.3 is 15.5 Å². The Balaban J connectivity index is 0.00000208. The highest BCUT2D eigenvalue weighted by Crippen LogP contribution is 2.27. The van der Waals surface area contributed by atoms with Crippen molar-refractivity contribution in [2.45, 2.75) is 44.6 Å². The Morgan fingerprint density at radius 3 is 2.79 bits per heavy atom. The number of guanidine groups is 1. The van der Waals surface area contributed by atoms with Crippen LogP contribution in [0.5, 0.6) is 0 Å². The molecular formula is C18H27IN4O. The van der Waals surface area contributed by atoms with Crippen LogP contribution in [-0.2, 0) is 11.2 Å². The Kier molecular flexibility index (Phi) is 7.33. The molecule has 0 saturated heterocycles. The van der Waals surface area contributed by atoms with Gasteiger partial charge in [-0.2, -0.15) is 0 Å². The molecule has 0 unspecified atom stereocenters. The number of carbonyl (C=O) groups excluding carboxylic acids is 1. The third kappa shape index (κ3) is 4.62. The molecule has 0 aromatic heterocycles. The molecule has 5 nitrogen and oxygen atoms in total. The lowest BCUT2D eigenvalue weighted by Gasteiger charge is -2.22. The van der Waals surface area contributed by atoms with Gasteiger partial charge in [-0.1, -0.05) is 31.0 Å². The average molecular weight is 442 g/mol. The van der Waals surface area contributed by atoms with Gasteiger partial charge in [0.2, 0.25) is 5.91 Å². The van der Waals surface area contributed by atoms with Crippen LogP contribution in [0.3, 0.4) is 0 Å². The smallest absolute Gasteiger partial charge is 0.221 e. The Morgan fingerprint density at radius 1 is 1.29 bits per heavy atom. The molecule has 132 valence electrons. The summed E-state index contributed by atoms with van der Waals surface area (Å²) < 4.78 is 0. The molecular weight excluding hydrogens is 415 g/mol. The summed E-state index contributed by atoms with van der Waals surface area (Å²) in [7, 11) is 1.79. The van der Waals surface area contributed by atoms with E-state index in [2.05, 4.69) is 44.8 Å². The van der Waals surface area contributed by atoms with E-state index in [1.54, 1.807) is 7.05 Å². The van der Waals surface area contributed by atoms with Gasteiger partial charge in [-0.25, -0.2) is 0 Å². The van der Waals surface area contributed by atoms with Gasteiger partial charge in [0.1, 0.15) is 0 Å². The lowest BCUT2D eigenvalue weighted by Crippen LogP contribution is -2.42. The highest BCUT2D eigenvalue weighted by Gasteiger charge is 2.22. The van der Waals surface area contributed by atoms with Crippen molar-refractivity contribution in [2.24, 2.45) is 4.99 Å². The number of aliphatic imine (C=N–C) groups is 1. The molecule has 1 aliphatic heterocycles. The third-order valence-electron chi connectivity index (χ3n) is 4.71. The molecule has 0 radical (unpaired) electrons. The molecule has 0 bridgehead atoms. The summed E-state index contributed by atoms with van der Waals surface area (Å²) in [6.45, 7) is 1.55. The number of rotatable bonds is 4. The molecule has 2 aliphatic rings. The largest absolute Gasteiger partial charge is 0.355 e. The average Bonchev–Trinajstić information content (AvgIpc) is 3.21. The first-order valence-corrected chi connectivity index (χ1v) is 8.63. The van der Waals surface area contributed by atoms with E-state index in [0.717, 1.165) is 31.8 Å². The maximum Gasteiger partial charge on any atom is 0.221 e. The van der Waals surface area contributed by atoms with Gasteiger partial charge in [0, 0.05) is 38.3 Å². The summed E-state index contributed by atoms with van der Waals surface area (Å²) >= 11 is 0. The van der Waals surface area contributed by atoms with E-state index in [-0.39, 0.29) is 29.9 Å². The summed E-state index contributed by atoms with van der Waals surface area (Å²) in [6, 6.07) is 8.82. The van der Waals surface area contributed by atoms with Crippen molar-refractivity contribution in [3.63, 3.8) is 0 Å². The van der Waals surface area contributed by atoms with E-state index in [1.165, 1.54) is 24.1 Å². The molecule has 1 amide bonds. The van der Waals surface area contributed by atoms with E-state index >= 15 is 0 Å². The Labute approximate surface area is 161 Å². The van der Waals surface area contributed by atoms with Gasteiger partial charge in [0.25, 0.3) is 0 Å². The molecule has 1 aromatic rings. The molecule has 2 N–H and O–H groups in total. The number of carbonyl (C=O) groups is 1. The van der Waals surface area contributed by atoms with Crippen LogP contribution in [0.2, 0.25) is 0 Å². The number of benzene rings is 1. The Bertz CT molecular complexity index is 584. The minimum atomic E-state index is 0. The van der Waals surface area contributed by atoms with Crippen molar-refractivity contribution in [2.75, 3.05) is 25.0 Å². The molecule has 3 rings (SSSR count). The van der Waals surface area contributed by atoms with Crippen molar-refractivity contribution in [3.8, 4) is 0 Å². The number of nitrogens with one attached hydrogen (secondary N) is 2. The minimum absolute atomic E-state index is 0. The quantitative estimate of drug-likeness (QED) is 0.429. The first-order valence-electron chi connectivity index (χ1n) is 8.63. The standard InChI is InChI=1S/C18H26N4O.HI/c1-19-18(22-13-11-14-6-2-5-9-16(14)22)20-12-10-17(23)21-15-7-3-4-8-15;/h2,5-6,9,15H,3-4,7-8,10-13H2,1H3,(H,19,20)(H,21,23);1H. The van der Waals surface area contributed by atoms with E-state index in [1.807, 2.05) is 0 Å². The van der Waals surface area contributed by atoms with Crippen LogP contribution < -0.4 is 15.5 Å². The van der Waals surface area contributed by atoms with Gasteiger partial charge >= 0.3 is 0 Å². The van der Waals surface area contributed by atoms with Crippen molar-refractivity contribution in [3.05, 3.63) is 29.8 Å². The predicted octanol–water partition coefficient (Wildman–Crippen LogP) is 2.69. The number of amides is 1. The van der Waals surface area contributed by atoms with E-state index < -0.39 is 0 Å². The van der Waals surface area contributed by atoms with Crippen LogP contribution >= 0.6 is 24.0 Å². The Hall–Kier alpha value is -1.31. The van der Waals surface area contributed by atoms with E-state index in [0.29, 0.717) is 19.0 Å². The van der Waals surface area contributed by atoms with Crippen molar-refractivity contribution in [1.29, 1.82) is 0 Å². The van der Waals surface area contributed by atoms with Crippen LogP contribution in [0.4, 0.5) is 5.69 Å². The highest BCUT2D eigenvalue weighted by molar-refractivity contribution is 14.0. The summed E-state index contributed by atoms with van der Waals surface area (Å²) in [5.74, 6) is 0.991. The monoisotopic (exact) mass is 442 g/mol. The second-order valence-electron chi connectivity index (χ2n) is 6.30. The van der Waals surface area contributed by atoms with Crippen LogP contribution in [0.25, 0.3) is 0 Å². The predicted molar refractivity (Wildman–Crippen MR) is 109 cm³/mol. The Morgan fingerprint density at radius 2 is 2.04 bits per heavy atom. The maximum absolute atomic E-state index is 12.0. The van der Waals surface area contributed by atoms with Gasteiger partial charge in [0.15, 0.2) is 5.96 Å². The molecule has 24 heavy (non-hydrogen) atoms. The number of halogens is 1. The molecule has 1 heterocycles. The third-order valence-corrected chi connectivity index (χ3v) is 4.71. The lowest BCUT2D eigenvalue weighted by molar-refractivity contribution is -0.121. The fourth-order valence-electron chi connectivity index (χ4n) is 3.51. The number of hydrogen-bond acceptors (Lipinski definition) is 2. The van der Waals surface area contributed by atoms with Gasteiger partial charge in [-0.15, -0.1) is 24.0 Å². The van der Waals surface area contributed by atoms with Crippen LogP contribution in [0, 0.1) is 0 Å². The van der Waals surface area contributed by atoms with Gasteiger partial charge in [0.05, 0.1) is 0 Å². The second kappa shape index (κ2) is 9.25. The fraction of sp³-hybridized carbons (Fsp3) is 0.556. The molecule has 6 heteroatoms. The fourth-order valence-corrected chi connectivity index (χ4v) is 3.51. The number of anilines is 1. The van der Waals surface area contributed by atoms with Crippen LogP contribution in [-0.4, -0.2) is 38.0 Å². The molecule has 1 fully saturated rings. The number of para-hydroxylation sites is 1. The van der Waals surface area contributed by atoms with Crippen molar-refractivity contribution >= 4 is 41.5 Å². The number of nitrogens with zero attached hydrogens (tertiary/aromatic N) is 2. The number of fused-ring (bicyclic) bond motifs is 1. The second-order valence-corrected chi connectivity index (χ2v) is 6.30. The minimum Gasteiger partial charge on any atom is -0.355 e. The summed E-state index contributed by atoms with van der Waals surface area (Å²) in [4.78, 5) is 18.6. The van der Waals surface area contributed by atoms with Crippen LogP contribution in [0.15, 0.2) is 29.3 Å². The zero-order chi connectivity index (χ0) is 16.1. The molecule has 1 saturated carbocycles. The topological polar surface area (TPSA) is 56.7 Å². The molecule has 0 spiro atoms. The molecule has 0 atom stereocenters. The molecule has 1 aromatic carbocycles. The summed E-state index contributed by atoms with van der Waals surface area (Å²) in [5, 5.41) is 6.45. The first kappa shape index (κ1) is 19.0. The highest BCUT2D eigenvalue weighted by atomic mass is 127. The van der Waals surface area contributed by atoms with Crippen molar-refractivity contribution < 1.29 is 4.79 Å². The summed E-state index contributed by atoms with van der Waals surface area (Å²) in [5.41, 5.74) is 2.57. The van der Waals surface area contributed by atoms with E-state index in [9.17, 15) is 4.79 Å². The first-order chi connectivity index (χ1) is 11.3. The number of hydrogen-bond donors (Lipinski definition) is 2. The zero-order valence-corrected chi connectivity index (χ0v) is 16.6. The van der Waals surface area contributed by atoms with E-state index in [4.69, 9.17) is 0 Å². The lowest BCUT2D eigenvalue weighted by atomic mass is 10.2. The van der Waals surface area contributed by atoms with Gasteiger partial charge in [-0.3, -0.25) is 9.79 Å². The normalized spacial score (nSPS) is 17.4.